The van der Waals surface area contributed by atoms with Crippen LogP contribution in [0.3, 0.4) is 0 Å². The molecule has 126 valence electrons. The maximum absolute atomic E-state index is 13.1. The maximum atomic E-state index is 13.1. The topological polar surface area (TPSA) is 90.7 Å². The number of para-hydroxylation sites is 1. The van der Waals surface area contributed by atoms with E-state index in [0.717, 1.165) is 12.1 Å². The first-order valence-electron chi connectivity index (χ1n) is 6.76. The zero-order chi connectivity index (χ0) is 17.7. The van der Waals surface area contributed by atoms with Gasteiger partial charge in [-0.05, 0) is 24.3 Å². The van der Waals surface area contributed by atoms with Gasteiger partial charge in [0.25, 0.3) is 11.8 Å². The van der Waals surface area contributed by atoms with Crippen LogP contribution in [0.2, 0.25) is 0 Å². The van der Waals surface area contributed by atoms with Crippen molar-refractivity contribution >= 4 is 17.5 Å². The highest BCUT2D eigenvalue weighted by atomic mass is 19.1. The largest absolute Gasteiger partial charge is 0.493 e. The number of halogens is 2. The van der Waals surface area contributed by atoms with E-state index >= 15 is 0 Å². The molecule has 0 unspecified atom stereocenters. The van der Waals surface area contributed by atoms with Gasteiger partial charge in [-0.3, -0.25) is 9.59 Å². The quantitative estimate of drug-likeness (QED) is 0.845. The molecule has 6 nitrogen and oxygen atoms in total. The van der Waals surface area contributed by atoms with Crippen LogP contribution in [0.1, 0.15) is 10.4 Å². The fraction of sp³-hybridized carbons (Fsp3) is 0.125. The highest BCUT2D eigenvalue weighted by Gasteiger charge is 2.16. The van der Waals surface area contributed by atoms with E-state index in [2.05, 4.69) is 5.32 Å². The summed E-state index contributed by atoms with van der Waals surface area (Å²) in [5.74, 6) is -2.86. The predicted octanol–water partition coefficient (Wildman–Crippen LogP) is 2.09. The molecule has 0 atom stereocenters. The minimum atomic E-state index is -0.827. The van der Waals surface area contributed by atoms with Crippen molar-refractivity contribution in [1.29, 1.82) is 0 Å². The molecule has 8 heteroatoms. The van der Waals surface area contributed by atoms with E-state index in [0.29, 0.717) is 6.07 Å². The number of rotatable bonds is 6. The molecule has 2 aromatic rings. The molecule has 0 aliphatic heterocycles. The number of hydrogen-bond donors (Lipinski definition) is 2. The highest BCUT2D eigenvalue weighted by Crippen LogP contribution is 2.30. The second kappa shape index (κ2) is 7.40. The van der Waals surface area contributed by atoms with E-state index in [1.54, 1.807) is 6.07 Å². The van der Waals surface area contributed by atoms with Gasteiger partial charge in [0, 0.05) is 11.8 Å². The third kappa shape index (κ3) is 4.19. The van der Waals surface area contributed by atoms with Gasteiger partial charge < -0.3 is 20.5 Å². The van der Waals surface area contributed by atoms with E-state index in [4.69, 9.17) is 15.2 Å². The average Bonchev–Trinajstić information content (AvgIpc) is 2.51. The highest BCUT2D eigenvalue weighted by molar-refractivity contribution is 5.97. The number of carbonyl (C=O) groups excluding carboxylic acids is 2. The summed E-state index contributed by atoms with van der Waals surface area (Å²) in [6, 6.07) is 7.08. The first kappa shape index (κ1) is 17.2. The van der Waals surface area contributed by atoms with Crippen LogP contribution in [-0.4, -0.2) is 25.5 Å². The molecular formula is C16H14F2N2O4. The number of anilines is 1. The lowest BCUT2D eigenvalue weighted by Crippen LogP contribution is -2.22. The summed E-state index contributed by atoms with van der Waals surface area (Å²) in [4.78, 5) is 23.3. The molecule has 2 rings (SSSR count). The summed E-state index contributed by atoms with van der Waals surface area (Å²) in [7, 11) is 1.36. The van der Waals surface area contributed by atoms with Gasteiger partial charge in [-0.25, -0.2) is 8.78 Å². The third-order valence-corrected chi connectivity index (χ3v) is 2.96. The Morgan fingerprint density at radius 2 is 1.83 bits per heavy atom. The molecule has 0 saturated carbocycles. The molecule has 3 N–H and O–H groups in total. The van der Waals surface area contributed by atoms with Gasteiger partial charge in [-0.1, -0.05) is 6.07 Å². The third-order valence-electron chi connectivity index (χ3n) is 2.96. The standard InChI is InChI=1S/C16H14F2N2O4/c1-23-13-4-2-3-12(16(19)22)15(13)24-8-14(21)20-11-6-9(17)5-10(18)7-11/h2-7H,8H2,1H3,(H2,19,22)(H,20,21). The van der Waals surface area contributed by atoms with Crippen LogP contribution in [0, 0.1) is 11.6 Å². The average molecular weight is 336 g/mol. The fourth-order valence-corrected chi connectivity index (χ4v) is 1.98. The molecule has 0 aliphatic rings. The van der Waals surface area contributed by atoms with Gasteiger partial charge in [0.2, 0.25) is 0 Å². The summed E-state index contributed by atoms with van der Waals surface area (Å²) in [5.41, 5.74) is 5.22. The minimum Gasteiger partial charge on any atom is -0.493 e. The van der Waals surface area contributed by atoms with Crippen LogP contribution in [-0.2, 0) is 4.79 Å². The zero-order valence-electron chi connectivity index (χ0n) is 12.6. The Kier molecular flexibility index (Phi) is 5.31. The Labute approximate surface area is 136 Å². The smallest absolute Gasteiger partial charge is 0.262 e. The SMILES string of the molecule is COc1cccc(C(N)=O)c1OCC(=O)Nc1cc(F)cc(F)c1. The van der Waals surface area contributed by atoms with Crippen LogP contribution in [0.15, 0.2) is 36.4 Å². The lowest BCUT2D eigenvalue weighted by atomic mass is 10.2. The minimum absolute atomic E-state index is 0.00747. The van der Waals surface area contributed by atoms with Gasteiger partial charge in [0.1, 0.15) is 11.6 Å². The van der Waals surface area contributed by atoms with Crippen molar-refractivity contribution in [2.45, 2.75) is 0 Å². The van der Waals surface area contributed by atoms with Gasteiger partial charge in [0.15, 0.2) is 18.1 Å². The van der Waals surface area contributed by atoms with Crippen LogP contribution in [0.4, 0.5) is 14.5 Å². The van der Waals surface area contributed by atoms with E-state index in [9.17, 15) is 18.4 Å². The first-order chi connectivity index (χ1) is 11.4. The van der Waals surface area contributed by atoms with Crippen molar-refractivity contribution < 1.29 is 27.8 Å². The summed E-state index contributed by atoms with van der Waals surface area (Å²) < 4.78 is 36.5. The van der Waals surface area contributed by atoms with E-state index < -0.39 is 30.1 Å². The molecular weight excluding hydrogens is 322 g/mol. The number of carbonyl (C=O) groups is 2. The fourth-order valence-electron chi connectivity index (χ4n) is 1.98. The molecule has 24 heavy (non-hydrogen) atoms. The monoisotopic (exact) mass is 336 g/mol. The Morgan fingerprint density at radius 1 is 1.17 bits per heavy atom. The summed E-state index contributed by atoms with van der Waals surface area (Å²) in [5, 5.41) is 2.28. The van der Waals surface area contributed by atoms with Gasteiger partial charge >= 0.3 is 0 Å². The Hall–Kier alpha value is -3.16. The molecule has 2 amide bonds. The normalized spacial score (nSPS) is 10.1. The second-order valence-electron chi connectivity index (χ2n) is 4.70. The number of methoxy groups -OCH3 is 1. The lowest BCUT2D eigenvalue weighted by Gasteiger charge is -2.13. The van der Waals surface area contributed by atoms with Crippen LogP contribution in [0.25, 0.3) is 0 Å². The molecule has 0 fully saturated rings. The van der Waals surface area contributed by atoms with Crippen molar-refractivity contribution in [3.8, 4) is 11.5 Å². The summed E-state index contributed by atoms with van der Waals surface area (Å²) in [6.07, 6.45) is 0. The molecule has 0 saturated heterocycles. The summed E-state index contributed by atoms with van der Waals surface area (Å²) in [6.45, 7) is -0.515. The number of primary amides is 1. The Bertz CT molecular complexity index is 760. The van der Waals surface area contributed by atoms with Gasteiger partial charge in [-0.15, -0.1) is 0 Å². The number of benzene rings is 2. The maximum Gasteiger partial charge on any atom is 0.262 e. The Morgan fingerprint density at radius 3 is 2.42 bits per heavy atom. The molecule has 0 aromatic heterocycles. The van der Waals surface area contributed by atoms with Crippen LogP contribution in [0.5, 0.6) is 11.5 Å². The van der Waals surface area contributed by atoms with Crippen molar-refractivity contribution in [3.63, 3.8) is 0 Å². The number of ether oxygens (including phenoxy) is 2. The molecule has 0 radical (unpaired) electrons. The number of amides is 2. The molecule has 2 aromatic carbocycles. The van der Waals surface area contributed by atoms with Crippen molar-refractivity contribution in [2.24, 2.45) is 5.73 Å². The van der Waals surface area contributed by atoms with Crippen molar-refractivity contribution in [1.82, 2.24) is 0 Å². The zero-order valence-corrected chi connectivity index (χ0v) is 12.6. The molecule has 0 bridgehead atoms. The van der Waals surface area contributed by atoms with E-state index in [1.165, 1.54) is 19.2 Å². The number of nitrogens with two attached hydrogens (primary N) is 1. The van der Waals surface area contributed by atoms with Crippen molar-refractivity contribution in [3.05, 3.63) is 53.6 Å². The van der Waals surface area contributed by atoms with Gasteiger partial charge in [0.05, 0.1) is 12.7 Å². The van der Waals surface area contributed by atoms with Crippen LogP contribution < -0.4 is 20.5 Å². The van der Waals surface area contributed by atoms with Gasteiger partial charge in [-0.2, -0.15) is 0 Å². The number of hydrogen-bond acceptors (Lipinski definition) is 4. The molecule has 0 spiro atoms. The predicted molar refractivity (Wildman–Crippen MR) is 82.0 cm³/mol. The van der Waals surface area contributed by atoms with E-state index in [1.807, 2.05) is 0 Å². The van der Waals surface area contributed by atoms with Crippen LogP contribution >= 0.6 is 0 Å². The second-order valence-corrected chi connectivity index (χ2v) is 4.70. The van der Waals surface area contributed by atoms with E-state index in [-0.39, 0.29) is 22.7 Å². The van der Waals surface area contributed by atoms with Crippen molar-refractivity contribution in [2.75, 3.05) is 19.0 Å². The first-order valence-corrected chi connectivity index (χ1v) is 6.76. The number of nitrogens with one attached hydrogen (secondary N) is 1. The summed E-state index contributed by atoms with van der Waals surface area (Å²) >= 11 is 0. The Balaban J connectivity index is 2.10. The lowest BCUT2D eigenvalue weighted by molar-refractivity contribution is -0.118. The molecule has 0 heterocycles. The molecule has 0 aliphatic carbocycles.